The molecule has 7 rings (SSSR count). The van der Waals surface area contributed by atoms with Crippen LogP contribution in [0.5, 0.6) is 51.7 Å². The molecule has 75 heavy (non-hydrogen) atoms. The molecule has 4 aromatic carbocycles. The van der Waals surface area contributed by atoms with Crippen molar-refractivity contribution in [3.8, 4) is 63.1 Å². The summed E-state index contributed by atoms with van der Waals surface area (Å²) < 4.78 is 77.1. The Morgan fingerprint density at radius 1 is 0.627 bits per heavy atom. The second kappa shape index (κ2) is 23.8. The molecule has 0 amide bonds. The number of fused-ring (bicyclic) bond motifs is 1. The van der Waals surface area contributed by atoms with Crippen LogP contribution in [-0.2, 0) is 38.1 Å². The minimum Gasteiger partial charge on any atom is -0.542 e. The van der Waals surface area contributed by atoms with Crippen molar-refractivity contribution in [2.24, 2.45) is 0 Å². The first kappa shape index (κ1) is 56.2. The predicted molar refractivity (Wildman–Crippen MR) is 241 cm³/mol. The van der Waals surface area contributed by atoms with Gasteiger partial charge >= 0.3 is 29.5 Å². The highest BCUT2D eigenvalue weighted by molar-refractivity contribution is 5.89. The van der Waals surface area contributed by atoms with Crippen molar-refractivity contribution in [1.82, 2.24) is 0 Å². The summed E-state index contributed by atoms with van der Waals surface area (Å²) in [6, 6.07) is 14.8. The molecular weight excluding hydrogens is 1020 g/mol. The quantitative estimate of drug-likeness (QED) is 0.0321. The van der Waals surface area contributed by atoms with Gasteiger partial charge in [-0.3, -0.25) is 0 Å². The number of hydrogen-bond acceptors (Lipinski definition) is 23. The van der Waals surface area contributed by atoms with Crippen molar-refractivity contribution in [2.75, 3.05) is 20.3 Å². The lowest BCUT2D eigenvalue weighted by atomic mass is 9.97. The van der Waals surface area contributed by atoms with Crippen LogP contribution in [0.3, 0.4) is 0 Å². The van der Waals surface area contributed by atoms with Gasteiger partial charge in [-0.25, -0.2) is 14.0 Å². The third kappa shape index (κ3) is 13.9. The van der Waals surface area contributed by atoms with Crippen LogP contribution in [-0.4, -0.2) is 167 Å². The number of aliphatic hydroxyl groups is 5. The SMILES string of the molecule is COc1cc(/C=C/C(=O)OC[C@H]2O[C@@H](O[C@H]3[C@H](Oc4cc5c(O)cc(O)cc5[o+]c4-c4ccc(O)c(O)c4)O[C@H](COC(=O)/C=C/c4ccc(O)c(O)c4)[C@@H](O)[C@@H]3O)[C@H](O)[C@@H](O)[C@@H]2O)ccc1O.O=C([O-])C(F)(F)F. The Hall–Kier alpha value is -8.15. The van der Waals surface area contributed by atoms with Crippen molar-refractivity contribution in [2.45, 2.75) is 67.6 Å². The Labute approximate surface area is 418 Å². The molecule has 1 aromatic heterocycles. The summed E-state index contributed by atoms with van der Waals surface area (Å²) >= 11 is 0. The number of esters is 2. The highest BCUT2D eigenvalue weighted by atomic mass is 19.4. The van der Waals surface area contributed by atoms with Crippen LogP contribution < -0.4 is 14.6 Å². The largest absolute Gasteiger partial charge is 0.542 e. The van der Waals surface area contributed by atoms with E-state index in [1.165, 1.54) is 67.8 Å². The number of carboxylic acids is 1. The second-order valence-corrected chi connectivity index (χ2v) is 16.2. The molecule has 0 aliphatic carbocycles. The van der Waals surface area contributed by atoms with Gasteiger partial charge in [0.15, 0.2) is 46.9 Å². The molecule has 2 aliphatic heterocycles. The lowest BCUT2D eigenvalue weighted by molar-refractivity contribution is -0.358. The van der Waals surface area contributed by atoms with Gasteiger partial charge in [-0.1, -0.05) is 12.1 Å². The number of aromatic hydroxyl groups is 7. The summed E-state index contributed by atoms with van der Waals surface area (Å²) in [4.78, 5) is 34.3. The number of aliphatic hydroxyl groups excluding tert-OH is 5. The molecule has 0 bridgehead atoms. The van der Waals surface area contributed by atoms with E-state index in [1.54, 1.807) is 0 Å². The number of phenolic OH excluding ortho intramolecular Hbond substituents is 7. The van der Waals surface area contributed by atoms with Crippen molar-refractivity contribution in [3.63, 3.8) is 0 Å². The first-order chi connectivity index (χ1) is 35.3. The van der Waals surface area contributed by atoms with Crippen LogP contribution >= 0.6 is 0 Å². The molecule has 24 nitrogen and oxygen atoms in total. The van der Waals surface area contributed by atoms with Crippen molar-refractivity contribution < 1.29 is 132 Å². The van der Waals surface area contributed by atoms with Gasteiger partial charge in [0.25, 0.3) is 0 Å². The summed E-state index contributed by atoms with van der Waals surface area (Å²) in [5.74, 6) is -8.42. The zero-order chi connectivity index (χ0) is 55.1. The van der Waals surface area contributed by atoms with Gasteiger partial charge in [0.2, 0.25) is 12.0 Å². The standard InChI is InChI=1S/C46H44O22.C2HF3O2/c1-61-32-13-21(3-8-27(32)50)5-11-37(55)62-18-34-38(56)40(58)42(60)45(66-34)68-44-41(59)39(57)35(19-63-36(54)10-4-20-2-7-25(48)29(52)12-20)67-46(44)65-33-17-24-28(51)15-23(47)16-31(24)64-43(33)22-6-9-26(49)30(53)14-22;3-2(4,5)1(6)7/h2-17,34-35,38-42,44-46,56-60H,18-19H2,1H3,(H6-,47,48,49,50,51,52,53,54,55);(H,6,7)/t34-,35-,38-,39-,40+,41+,42-,44-,45+,46-;/m1./s1. The van der Waals surface area contributed by atoms with Crippen molar-refractivity contribution in [3.05, 3.63) is 96.1 Å². The number of hydrogen-bond donors (Lipinski definition) is 12. The molecule has 0 radical (unpaired) electrons. The van der Waals surface area contributed by atoms with Gasteiger partial charge < -0.3 is 104 Å². The van der Waals surface area contributed by atoms with E-state index in [0.29, 0.717) is 11.1 Å². The Balaban J connectivity index is 0.00000122. The molecule has 12 N–H and O–H groups in total. The van der Waals surface area contributed by atoms with Crippen LogP contribution in [0.2, 0.25) is 0 Å². The highest BCUT2D eigenvalue weighted by Crippen LogP contribution is 2.43. The van der Waals surface area contributed by atoms with E-state index in [2.05, 4.69) is 0 Å². The van der Waals surface area contributed by atoms with Crippen LogP contribution in [0.1, 0.15) is 11.1 Å². The van der Waals surface area contributed by atoms with E-state index in [0.717, 1.165) is 36.4 Å². The average molecular weight is 1060 g/mol. The number of carbonyl (C=O) groups excluding carboxylic acids is 3. The molecule has 10 atom stereocenters. The number of carboxylic acid groups (broad SMARTS) is 1. The third-order valence-corrected chi connectivity index (χ3v) is 10.9. The van der Waals surface area contributed by atoms with Crippen LogP contribution in [0.15, 0.2) is 89.4 Å². The monoisotopic (exact) mass is 1060 g/mol. The minimum absolute atomic E-state index is 0.0336. The van der Waals surface area contributed by atoms with E-state index < -0.39 is 133 Å². The minimum atomic E-state index is -5.19. The maximum atomic E-state index is 12.8. The van der Waals surface area contributed by atoms with Crippen LogP contribution in [0.4, 0.5) is 13.2 Å². The fourth-order valence-corrected chi connectivity index (χ4v) is 7.06. The number of halogens is 3. The average Bonchev–Trinajstić information content (AvgIpc) is 3.36. The second-order valence-electron chi connectivity index (χ2n) is 16.2. The fourth-order valence-electron chi connectivity index (χ4n) is 7.06. The molecule has 402 valence electrons. The molecule has 0 spiro atoms. The molecule has 2 fully saturated rings. The summed E-state index contributed by atoms with van der Waals surface area (Å²) in [6.07, 6.45) is -19.8. The molecule has 3 heterocycles. The van der Waals surface area contributed by atoms with Crippen molar-refractivity contribution in [1.29, 1.82) is 0 Å². The topological polar surface area (TPSA) is 393 Å². The number of benzene rings is 4. The number of aliphatic carboxylic acids is 1. The fraction of sp³-hybridized carbons (Fsp3) is 0.292. The van der Waals surface area contributed by atoms with Crippen molar-refractivity contribution >= 4 is 41.0 Å². The lowest BCUT2D eigenvalue weighted by Gasteiger charge is -2.45. The van der Waals surface area contributed by atoms with E-state index in [9.17, 15) is 84.0 Å². The molecule has 2 aliphatic rings. The molecule has 5 aromatic rings. The molecule has 27 heteroatoms. The predicted octanol–water partition coefficient (Wildman–Crippen LogP) is 1.16. The van der Waals surface area contributed by atoms with Gasteiger partial charge in [-0.05, 0) is 59.7 Å². The first-order valence-corrected chi connectivity index (χ1v) is 21.6. The lowest BCUT2D eigenvalue weighted by Crippen LogP contribution is -2.65. The number of alkyl halides is 3. The van der Waals surface area contributed by atoms with Gasteiger partial charge in [0.1, 0.15) is 78.8 Å². The summed E-state index contributed by atoms with van der Waals surface area (Å²) in [6.45, 7) is -1.49. The number of rotatable bonds is 14. The van der Waals surface area contributed by atoms with Crippen LogP contribution in [0.25, 0.3) is 34.4 Å². The van der Waals surface area contributed by atoms with E-state index in [4.69, 9.17) is 47.5 Å². The molecule has 0 saturated carbocycles. The zero-order valence-corrected chi connectivity index (χ0v) is 38.3. The zero-order valence-electron chi connectivity index (χ0n) is 38.3. The number of carbonyl (C=O) groups is 3. The number of phenols is 7. The van der Waals surface area contributed by atoms with Gasteiger partial charge in [0.05, 0.1) is 18.7 Å². The number of ether oxygens (including phenoxy) is 7. The Kier molecular flexibility index (Phi) is 17.8. The molecule has 2 saturated heterocycles. The third-order valence-electron chi connectivity index (χ3n) is 10.9. The smallest absolute Gasteiger partial charge is 0.430 e. The first-order valence-electron chi connectivity index (χ1n) is 21.6. The summed E-state index contributed by atoms with van der Waals surface area (Å²) in [7, 11) is 1.34. The summed E-state index contributed by atoms with van der Waals surface area (Å²) in [5.41, 5.74) is 0.658. The Morgan fingerprint density at radius 2 is 1.16 bits per heavy atom. The van der Waals surface area contributed by atoms with Gasteiger partial charge in [-0.15, -0.1) is 0 Å². The van der Waals surface area contributed by atoms with Gasteiger partial charge in [-0.2, -0.15) is 13.2 Å². The van der Waals surface area contributed by atoms with E-state index in [1.807, 2.05) is 0 Å². The normalized spacial score (nSPS) is 23.8. The van der Waals surface area contributed by atoms with Crippen LogP contribution in [0, 0.1) is 0 Å². The highest BCUT2D eigenvalue weighted by Gasteiger charge is 2.52. The van der Waals surface area contributed by atoms with Gasteiger partial charge in [0, 0.05) is 30.4 Å². The maximum Gasteiger partial charge on any atom is 0.430 e. The Morgan fingerprint density at radius 3 is 1.72 bits per heavy atom. The maximum absolute atomic E-state index is 12.8. The van der Waals surface area contributed by atoms with E-state index in [-0.39, 0.29) is 39.5 Å². The number of methoxy groups -OCH3 is 1. The summed E-state index contributed by atoms with van der Waals surface area (Å²) in [5, 5.41) is 135. The Bertz CT molecular complexity index is 2930. The molecule has 0 unspecified atom stereocenters. The van der Waals surface area contributed by atoms with E-state index >= 15 is 0 Å². The molecular formula is C48H45F3O24.